The summed E-state index contributed by atoms with van der Waals surface area (Å²) in [5.41, 5.74) is 1.22. The van der Waals surface area contributed by atoms with E-state index >= 15 is 0 Å². The molecular formula is C14H12K2N4O8S3. The van der Waals surface area contributed by atoms with Crippen LogP contribution in [0, 0.1) is 0 Å². The molecule has 0 saturated heterocycles. The van der Waals surface area contributed by atoms with Gasteiger partial charge in [-0.25, -0.2) is 9.97 Å². The van der Waals surface area contributed by atoms with Crippen LogP contribution in [0.25, 0.3) is 22.1 Å². The van der Waals surface area contributed by atoms with Crippen LogP contribution in [0.5, 0.6) is 0 Å². The Morgan fingerprint density at radius 2 is 1.71 bits per heavy atom. The maximum absolute atomic E-state index is 12.3. The van der Waals surface area contributed by atoms with E-state index in [1.54, 1.807) is 0 Å². The van der Waals surface area contributed by atoms with Crippen molar-refractivity contribution in [3.63, 3.8) is 0 Å². The minimum Gasteiger partial charge on any atom is -1.00 e. The number of nitrogens with one attached hydrogen (secondary N) is 1. The van der Waals surface area contributed by atoms with Crippen LogP contribution in [-0.2, 0) is 35.2 Å². The first-order valence-electron chi connectivity index (χ1n) is 7.57. The summed E-state index contributed by atoms with van der Waals surface area (Å²) in [4.78, 5) is 9.89. The Hall–Kier alpha value is 0.423. The first-order chi connectivity index (χ1) is 13.6. The molecule has 0 aliphatic rings. The number of aromatic amines is 1. The minimum absolute atomic E-state index is 0. The van der Waals surface area contributed by atoms with Gasteiger partial charge in [-0.3, -0.25) is 8.84 Å². The SMILES string of the molecule is O=S(On1cnc2cc(S(=O)(=O)O)ccc21)OS(=O)(=O)c1ccc2nc[nH]c2c1.[H-].[H-].[K+].[K+]. The zero-order valence-corrected chi connectivity index (χ0v) is 24.7. The molecule has 2 N–H and O–H groups in total. The number of H-pyrrole nitrogens is 1. The zero-order chi connectivity index (χ0) is 20.8. The smallest absolute Gasteiger partial charge is 1.00 e. The summed E-state index contributed by atoms with van der Waals surface area (Å²) >= 11 is -2.78. The van der Waals surface area contributed by atoms with Gasteiger partial charge in [-0.2, -0.15) is 25.8 Å². The molecule has 2 aromatic carbocycles. The first kappa shape index (κ1) is 27.7. The van der Waals surface area contributed by atoms with E-state index < -0.39 is 36.5 Å². The Labute approximate surface area is 266 Å². The predicted octanol–water partition coefficient (Wildman–Crippen LogP) is -5.19. The molecule has 17 heteroatoms. The summed E-state index contributed by atoms with van der Waals surface area (Å²) in [5, 5.41) is 0. The van der Waals surface area contributed by atoms with Gasteiger partial charge in [0.1, 0.15) is 11.8 Å². The topological polar surface area (TPSA) is 171 Å². The van der Waals surface area contributed by atoms with Gasteiger partial charge in [0, 0.05) is 0 Å². The van der Waals surface area contributed by atoms with Crippen LogP contribution >= 0.6 is 0 Å². The van der Waals surface area contributed by atoms with E-state index in [1.807, 2.05) is 0 Å². The zero-order valence-electron chi connectivity index (χ0n) is 18.0. The maximum atomic E-state index is 12.3. The van der Waals surface area contributed by atoms with Crippen LogP contribution in [0.4, 0.5) is 0 Å². The van der Waals surface area contributed by atoms with Crippen molar-refractivity contribution in [2.24, 2.45) is 0 Å². The Balaban J connectivity index is 0.00000256. The minimum atomic E-state index is -4.44. The number of rotatable bonds is 6. The molecule has 0 amide bonds. The first-order valence-corrected chi connectivity index (χ1v) is 11.4. The van der Waals surface area contributed by atoms with Crippen molar-refractivity contribution in [2.45, 2.75) is 9.79 Å². The van der Waals surface area contributed by atoms with Crippen LogP contribution in [-0.4, -0.2) is 45.3 Å². The molecule has 156 valence electrons. The molecule has 0 saturated carbocycles. The molecule has 0 aliphatic heterocycles. The fourth-order valence-corrected chi connectivity index (χ4v) is 4.70. The Morgan fingerprint density at radius 3 is 2.42 bits per heavy atom. The summed E-state index contributed by atoms with van der Waals surface area (Å²) in [6, 6.07) is 7.30. The Morgan fingerprint density at radius 1 is 1.00 bits per heavy atom. The van der Waals surface area contributed by atoms with Gasteiger partial charge < -0.3 is 7.84 Å². The second-order valence-electron chi connectivity index (χ2n) is 5.58. The van der Waals surface area contributed by atoms with E-state index in [4.69, 9.17) is 8.84 Å². The fraction of sp³-hybridized carbons (Fsp3) is 0. The third-order valence-electron chi connectivity index (χ3n) is 3.75. The van der Waals surface area contributed by atoms with Crippen LogP contribution in [0.3, 0.4) is 0 Å². The van der Waals surface area contributed by atoms with Crippen molar-refractivity contribution in [1.82, 2.24) is 19.7 Å². The number of fused-ring (bicyclic) bond motifs is 2. The molecule has 1 unspecified atom stereocenters. The molecule has 0 bridgehead atoms. The molecule has 12 nitrogen and oxygen atoms in total. The summed E-state index contributed by atoms with van der Waals surface area (Å²) in [6.45, 7) is 0. The van der Waals surface area contributed by atoms with Crippen molar-refractivity contribution in [2.75, 3.05) is 0 Å². The summed E-state index contributed by atoms with van der Waals surface area (Å²) in [5.74, 6) is 0. The molecule has 4 rings (SSSR count). The van der Waals surface area contributed by atoms with Crippen molar-refractivity contribution < 1.29 is 139 Å². The second kappa shape index (κ2) is 10.8. The van der Waals surface area contributed by atoms with Crippen molar-refractivity contribution in [3.05, 3.63) is 49.1 Å². The van der Waals surface area contributed by atoms with Gasteiger partial charge in [-0.05, 0) is 36.4 Å². The number of nitrogens with zero attached hydrogens (tertiary/aromatic N) is 3. The van der Waals surface area contributed by atoms with Crippen LogP contribution in [0.2, 0.25) is 0 Å². The summed E-state index contributed by atoms with van der Waals surface area (Å²) in [7, 11) is -8.87. The standard InChI is InChI=1S/C14H10N4O8S3.2K.2H/c19-27(26-29(23,24)10-1-3-11-12(6-10)16-7-15-11)25-18-8-17-13-5-9(28(20,21)22)2-4-14(13)18;;;;/h1-8H,(H,15,16)(H,20,21,22);;;;/q;2*+1;2*-1. The van der Waals surface area contributed by atoms with Crippen molar-refractivity contribution >= 4 is 53.7 Å². The molecule has 4 aromatic rings. The van der Waals surface area contributed by atoms with E-state index in [1.165, 1.54) is 30.6 Å². The van der Waals surface area contributed by atoms with Crippen LogP contribution in [0.15, 0.2) is 58.8 Å². The number of hydrogen-bond acceptors (Lipinski definition) is 9. The fourth-order valence-electron chi connectivity index (χ4n) is 2.45. The van der Waals surface area contributed by atoms with Crippen molar-refractivity contribution in [1.29, 1.82) is 0 Å². The van der Waals surface area contributed by atoms with E-state index in [2.05, 4.69) is 18.6 Å². The van der Waals surface area contributed by atoms with Gasteiger partial charge in [0.15, 0.2) is 0 Å². The molecule has 2 heterocycles. The molecule has 1 atom stereocenters. The molecule has 0 aliphatic carbocycles. The number of benzene rings is 2. The Kier molecular flexibility index (Phi) is 9.62. The maximum Gasteiger partial charge on any atom is 1.00 e. The Bertz CT molecular complexity index is 1490. The van der Waals surface area contributed by atoms with Gasteiger partial charge >= 0.3 is 124 Å². The third kappa shape index (κ3) is 6.31. The second-order valence-corrected chi connectivity index (χ2v) is 9.48. The molecule has 0 spiro atoms. The van der Waals surface area contributed by atoms with E-state index in [-0.39, 0.29) is 122 Å². The average molecular weight is 539 g/mol. The quantitative estimate of drug-likeness (QED) is 0.179. The third-order valence-corrected chi connectivity index (χ3v) is 6.87. The normalized spacial score (nSPS) is 12.8. The number of imidazole rings is 2. The molecule has 0 fully saturated rings. The monoisotopic (exact) mass is 538 g/mol. The number of aromatic nitrogens is 4. The molecular weight excluding hydrogens is 527 g/mol. The van der Waals surface area contributed by atoms with Gasteiger partial charge in [-0.15, -0.1) is 3.63 Å². The summed E-state index contributed by atoms with van der Waals surface area (Å²) < 4.78 is 78.4. The van der Waals surface area contributed by atoms with Crippen LogP contribution < -0.4 is 107 Å². The number of hydrogen-bond donors (Lipinski definition) is 2. The van der Waals surface area contributed by atoms with E-state index in [0.29, 0.717) is 11.0 Å². The molecule has 2 aromatic heterocycles. The molecule has 31 heavy (non-hydrogen) atoms. The van der Waals surface area contributed by atoms with E-state index in [0.717, 1.165) is 23.2 Å². The summed E-state index contributed by atoms with van der Waals surface area (Å²) in [6.07, 6.45) is 2.42. The van der Waals surface area contributed by atoms with E-state index in [9.17, 15) is 21.0 Å². The van der Waals surface area contributed by atoms with Crippen molar-refractivity contribution in [3.8, 4) is 0 Å². The average Bonchev–Trinajstić information content (AvgIpc) is 3.26. The van der Waals surface area contributed by atoms with Gasteiger partial charge in [0.2, 0.25) is 0 Å². The predicted molar refractivity (Wildman–Crippen MR) is 101 cm³/mol. The van der Waals surface area contributed by atoms with Crippen LogP contribution in [0.1, 0.15) is 2.85 Å². The van der Waals surface area contributed by atoms with Gasteiger partial charge in [0.25, 0.3) is 10.1 Å². The van der Waals surface area contributed by atoms with Gasteiger partial charge in [-0.1, -0.05) is 0 Å². The molecule has 0 radical (unpaired) electrons. The largest absolute Gasteiger partial charge is 1.00 e. The van der Waals surface area contributed by atoms with Gasteiger partial charge in [0.05, 0.1) is 32.7 Å².